The van der Waals surface area contributed by atoms with E-state index in [0.29, 0.717) is 0 Å². The third kappa shape index (κ3) is 4.38. The van der Waals surface area contributed by atoms with Gasteiger partial charge in [0.25, 0.3) is 0 Å². The zero-order valence-electron chi connectivity index (χ0n) is 31.1. The van der Waals surface area contributed by atoms with Crippen molar-refractivity contribution < 1.29 is 8.83 Å². The Bertz CT molecular complexity index is 3810. The molecule has 0 radical (unpaired) electrons. The summed E-state index contributed by atoms with van der Waals surface area (Å²) in [6.45, 7) is 0. The van der Waals surface area contributed by atoms with Gasteiger partial charge in [0, 0.05) is 66.4 Å². The first-order valence-corrected chi connectivity index (χ1v) is 19.6. The number of fused-ring (bicyclic) bond motifs is 12. The van der Waals surface area contributed by atoms with Gasteiger partial charge in [0.15, 0.2) is 0 Å². The number of benzene rings is 8. The molecule has 58 heavy (non-hydrogen) atoms. The maximum atomic E-state index is 6.25. The molecule has 0 aliphatic rings. The van der Waals surface area contributed by atoms with E-state index >= 15 is 0 Å². The number of nitrogens with zero attached hydrogens (tertiary/aromatic N) is 3. The molecular formula is C53H31N3O2. The number of furan rings is 2. The highest BCUT2D eigenvalue weighted by atomic mass is 16.3. The molecule has 0 atom stereocenters. The summed E-state index contributed by atoms with van der Waals surface area (Å²) in [7, 11) is 0. The Morgan fingerprint density at radius 3 is 1.57 bits per heavy atom. The molecule has 5 heterocycles. The first-order valence-electron chi connectivity index (χ1n) is 19.6. The summed E-state index contributed by atoms with van der Waals surface area (Å²) in [4.78, 5) is 5.32. The molecule has 0 aliphatic carbocycles. The molecule has 8 aromatic carbocycles. The van der Waals surface area contributed by atoms with Crippen LogP contribution >= 0.6 is 0 Å². The Balaban J connectivity index is 1.12. The molecule has 0 saturated carbocycles. The van der Waals surface area contributed by atoms with Gasteiger partial charge in [-0.2, -0.15) is 0 Å². The zero-order valence-corrected chi connectivity index (χ0v) is 31.1. The molecule has 5 heteroatoms. The third-order valence-electron chi connectivity index (χ3n) is 12.0. The van der Waals surface area contributed by atoms with Crippen molar-refractivity contribution in [1.82, 2.24) is 14.1 Å². The highest BCUT2D eigenvalue weighted by molar-refractivity contribution is 6.20. The van der Waals surface area contributed by atoms with Gasteiger partial charge in [0.1, 0.15) is 22.3 Å². The van der Waals surface area contributed by atoms with Crippen molar-refractivity contribution >= 4 is 87.6 Å². The van der Waals surface area contributed by atoms with Crippen LogP contribution in [0.3, 0.4) is 0 Å². The largest absolute Gasteiger partial charge is 0.456 e. The first-order chi connectivity index (χ1) is 28.8. The summed E-state index contributed by atoms with van der Waals surface area (Å²) >= 11 is 0. The zero-order chi connectivity index (χ0) is 37.9. The van der Waals surface area contributed by atoms with Gasteiger partial charge in [-0.1, -0.05) is 109 Å². The van der Waals surface area contributed by atoms with Crippen molar-refractivity contribution in [2.45, 2.75) is 0 Å². The van der Waals surface area contributed by atoms with E-state index in [0.717, 1.165) is 110 Å². The molecule has 0 bridgehead atoms. The van der Waals surface area contributed by atoms with E-state index < -0.39 is 0 Å². The van der Waals surface area contributed by atoms with E-state index in [1.165, 1.54) is 10.8 Å². The smallest absolute Gasteiger partial charge is 0.135 e. The summed E-state index contributed by atoms with van der Waals surface area (Å²) < 4.78 is 17.3. The molecule has 13 aromatic rings. The van der Waals surface area contributed by atoms with Crippen molar-refractivity contribution in [3.63, 3.8) is 0 Å². The Morgan fingerprint density at radius 1 is 0.362 bits per heavy atom. The molecule has 5 nitrogen and oxygen atoms in total. The van der Waals surface area contributed by atoms with Crippen molar-refractivity contribution in [1.29, 1.82) is 0 Å². The van der Waals surface area contributed by atoms with Crippen molar-refractivity contribution in [3.05, 3.63) is 188 Å². The number of pyridine rings is 1. The number of hydrogen-bond acceptors (Lipinski definition) is 3. The van der Waals surface area contributed by atoms with Crippen molar-refractivity contribution in [3.8, 4) is 33.6 Å². The van der Waals surface area contributed by atoms with Crippen LogP contribution in [0.15, 0.2) is 197 Å². The average Bonchev–Trinajstić information content (AvgIpc) is 4.03. The number of hydrogen-bond donors (Lipinski definition) is 0. The molecule has 0 amide bonds. The minimum atomic E-state index is 0.875. The molecular weight excluding hydrogens is 711 g/mol. The normalized spacial score (nSPS) is 12.1. The lowest BCUT2D eigenvalue weighted by molar-refractivity contribution is 0.668. The van der Waals surface area contributed by atoms with E-state index in [-0.39, 0.29) is 0 Å². The summed E-state index contributed by atoms with van der Waals surface area (Å²) in [5.74, 6) is 0. The van der Waals surface area contributed by atoms with Crippen molar-refractivity contribution in [2.24, 2.45) is 0 Å². The maximum Gasteiger partial charge on any atom is 0.135 e. The summed E-state index contributed by atoms with van der Waals surface area (Å²) in [6, 6.07) is 64.6. The Kier molecular flexibility index (Phi) is 6.38. The highest BCUT2D eigenvalue weighted by Crippen LogP contribution is 2.46. The molecule has 0 spiro atoms. The average molecular weight is 742 g/mol. The monoisotopic (exact) mass is 741 g/mol. The second-order valence-corrected chi connectivity index (χ2v) is 15.1. The van der Waals surface area contributed by atoms with Crippen LogP contribution in [0.4, 0.5) is 0 Å². The number of rotatable bonds is 4. The van der Waals surface area contributed by atoms with Crippen LogP contribution in [-0.4, -0.2) is 14.1 Å². The fourth-order valence-corrected chi connectivity index (χ4v) is 9.45. The minimum Gasteiger partial charge on any atom is -0.456 e. The minimum absolute atomic E-state index is 0.875. The van der Waals surface area contributed by atoms with Crippen LogP contribution in [0.2, 0.25) is 0 Å². The Morgan fingerprint density at radius 2 is 0.897 bits per heavy atom. The van der Waals surface area contributed by atoms with Crippen LogP contribution in [0, 0.1) is 0 Å². The summed E-state index contributed by atoms with van der Waals surface area (Å²) in [6.07, 6.45) is 2.07. The predicted molar refractivity (Wildman–Crippen MR) is 238 cm³/mol. The van der Waals surface area contributed by atoms with Gasteiger partial charge in [0.05, 0.1) is 27.6 Å². The second-order valence-electron chi connectivity index (χ2n) is 15.1. The highest BCUT2D eigenvalue weighted by Gasteiger charge is 2.23. The lowest BCUT2D eigenvalue weighted by atomic mass is 9.91. The molecule has 5 aromatic heterocycles. The lowest BCUT2D eigenvalue weighted by Gasteiger charge is -2.15. The van der Waals surface area contributed by atoms with Crippen molar-refractivity contribution in [2.75, 3.05) is 0 Å². The van der Waals surface area contributed by atoms with Gasteiger partial charge in [0.2, 0.25) is 0 Å². The number of para-hydroxylation sites is 4. The van der Waals surface area contributed by atoms with Gasteiger partial charge in [-0.25, -0.2) is 0 Å². The van der Waals surface area contributed by atoms with Crippen LogP contribution in [0.25, 0.3) is 121 Å². The van der Waals surface area contributed by atoms with Gasteiger partial charge >= 0.3 is 0 Å². The van der Waals surface area contributed by atoms with Crippen LogP contribution in [-0.2, 0) is 0 Å². The van der Waals surface area contributed by atoms with Crippen LogP contribution in [0.5, 0.6) is 0 Å². The van der Waals surface area contributed by atoms with E-state index in [1.54, 1.807) is 0 Å². The van der Waals surface area contributed by atoms with Gasteiger partial charge < -0.3 is 18.0 Å². The first kappa shape index (κ1) is 31.3. The predicted octanol–water partition coefficient (Wildman–Crippen LogP) is 14.4. The summed E-state index contributed by atoms with van der Waals surface area (Å²) in [5, 5.41) is 7.89. The summed E-state index contributed by atoms with van der Waals surface area (Å²) in [5.41, 5.74) is 15.6. The second kappa shape index (κ2) is 11.8. The van der Waals surface area contributed by atoms with E-state index in [2.05, 4.69) is 173 Å². The Labute approximate surface area is 331 Å². The van der Waals surface area contributed by atoms with E-state index in [9.17, 15) is 0 Å². The maximum absolute atomic E-state index is 6.25. The van der Waals surface area contributed by atoms with Gasteiger partial charge in [-0.05, 0) is 83.9 Å². The fraction of sp³-hybridized carbons (Fsp3) is 0. The lowest BCUT2D eigenvalue weighted by Crippen LogP contribution is -1.96. The fourth-order valence-electron chi connectivity index (χ4n) is 9.45. The van der Waals surface area contributed by atoms with Gasteiger partial charge in [-0.3, -0.25) is 4.98 Å². The standard InChI is InChI=1S/C53H31N3O2/c1-2-12-32(13-3-1)36-24-25-45-52(39-16-4-8-18-43(39)55(45)34-22-26-49-41(29-34)37-14-6-10-20-47(37)57-49)51(36)33-28-46-53(54-31-33)40-17-5-9-19-44(40)56(46)35-23-27-50-42(30-35)38-15-7-11-21-48(38)58-50/h1-31H. The van der Waals surface area contributed by atoms with Crippen LogP contribution in [0.1, 0.15) is 0 Å². The third-order valence-corrected chi connectivity index (χ3v) is 12.0. The molecule has 0 unspecified atom stereocenters. The molecule has 270 valence electrons. The quantitative estimate of drug-likeness (QED) is 0.180. The SMILES string of the molecule is c1ccc(-c2ccc3c(c2-c2cnc4c5ccccc5n(-c5ccc6oc7ccccc7c6c5)c4c2)c2ccccc2n3-c2ccc3oc4ccccc4c3c2)cc1. The number of aromatic nitrogens is 3. The molecule has 0 fully saturated rings. The van der Waals surface area contributed by atoms with Gasteiger partial charge in [-0.15, -0.1) is 0 Å². The van der Waals surface area contributed by atoms with E-state index in [1.807, 2.05) is 24.3 Å². The topological polar surface area (TPSA) is 49.0 Å². The van der Waals surface area contributed by atoms with Crippen LogP contribution < -0.4 is 0 Å². The molecule has 13 rings (SSSR count). The Hall–Kier alpha value is -7.89. The molecule has 0 N–H and O–H groups in total. The molecule has 0 aliphatic heterocycles. The molecule has 0 saturated heterocycles. The van der Waals surface area contributed by atoms with E-state index in [4.69, 9.17) is 13.8 Å².